The summed E-state index contributed by atoms with van der Waals surface area (Å²) in [6.45, 7) is 5.21. The quantitative estimate of drug-likeness (QED) is 0.791. The number of piperidine rings is 2. The Bertz CT molecular complexity index is 701. The third kappa shape index (κ3) is 4.65. The molecule has 0 aliphatic carbocycles. The molecule has 2 aliphatic heterocycles. The summed E-state index contributed by atoms with van der Waals surface area (Å²) in [5.41, 5.74) is 1.02. The summed E-state index contributed by atoms with van der Waals surface area (Å²) < 4.78 is 26.9. The van der Waals surface area contributed by atoms with Gasteiger partial charge in [-0.1, -0.05) is 25.5 Å². The Kier molecular flexibility index (Phi) is 6.35. The minimum absolute atomic E-state index is 0.210. The van der Waals surface area contributed by atoms with E-state index in [1.807, 2.05) is 17.0 Å². The summed E-state index contributed by atoms with van der Waals surface area (Å²) in [7, 11) is -3.37. The molecule has 144 valence electrons. The fourth-order valence-corrected chi connectivity index (χ4v) is 5.27. The number of carbonyl (C=O) groups is 1. The molecule has 0 saturated carbocycles. The van der Waals surface area contributed by atoms with Crippen LogP contribution in [-0.2, 0) is 21.2 Å². The van der Waals surface area contributed by atoms with Crippen LogP contribution in [-0.4, -0.2) is 49.7 Å². The molecule has 1 aromatic carbocycles. The van der Waals surface area contributed by atoms with Crippen molar-refractivity contribution in [2.24, 2.45) is 5.92 Å². The highest BCUT2D eigenvalue weighted by molar-refractivity contribution is 7.89. The van der Waals surface area contributed by atoms with Crippen molar-refractivity contribution >= 4 is 15.9 Å². The minimum atomic E-state index is -3.37. The maximum Gasteiger partial charge on any atom is 0.243 e. The standard InChI is InChI=1S/C20H30N2O3S/c1-17-11-15-21(16-12-17)20(23)10-7-18-5-8-19(9-6-18)26(24,25)22-13-3-2-4-14-22/h5-6,8-9,17H,2-4,7,10-16H2,1H3. The summed E-state index contributed by atoms with van der Waals surface area (Å²) in [4.78, 5) is 14.7. The number of hydrogen-bond acceptors (Lipinski definition) is 3. The van der Waals surface area contributed by atoms with Gasteiger partial charge in [-0.3, -0.25) is 4.79 Å². The molecule has 2 fully saturated rings. The number of amides is 1. The SMILES string of the molecule is CC1CCN(C(=O)CCc2ccc(S(=O)(=O)N3CCCCC3)cc2)CC1. The molecule has 1 aromatic rings. The zero-order chi connectivity index (χ0) is 18.6. The lowest BCUT2D eigenvalue weighted by Crippen LogP contribution is -2.38. The Morgan fingerprint density at radius 3 is 2.23 bits per heavy atom. The van der Waals surface area contributed by atoms with Gasteiger partial charge in [0.2, 0.25) is 15.9 Å². The molecule has 0 N–H and O–H groups in total. The predicted octanol–water partition coefficient (Wildman–Crippen LogP) is 3.05. The Labute approximate surface area is 157 Å². The Morgan fingerprint density at radius 2 is 1.62 bits per heavy atom. The van der Waals surface area contributed by atoms with E-state index in [1.165, 1.54) is 0 Å². The van der Waals surface area contributed by atoms with Crippen LogP contribution >= 0.6 is 0 Å². The average molecular weight is 379 g/mol. The second-order valence-corrected chi connectivity index (χ2v) is 9.61. The molecule has 26 heavy (non-hydrogen) atoms. The van der Waals surface area contributed by atoms with Crippen LogP contribution in [0.2, 0.25) is 0 Å². The average Bonchev–Trinajstić information content (AvgIpc) is 2.67. The number of benzene rings is 1. The van der Waals surface area contributed by atoms with Gasteiger partial charge >= 0.3 is 0 Å². The molecule has 0 bridgehead atoms. The minimum Gasteiger partial charge on any atom is -0.343 e. The van der Waals surface area contributed by atoms with Gasteiger partial charge in [0, 0.05) is 32.6 Å². The van der Waals surface area contributed by atoms with Gasteiger partial charge in [-0.05, 0) is 55.7 Å². The van der Waals surface area contributed by atoms with Crippen molar-refractivity contribution in [1.82, 2.24) is 9.21 Å². The molecule has 3 rings (SSSR count). The number of sulfonamides is 1. The molecule has 0 unspecified atom stereocenters. The molecule has 5 nitrogen and oxygen atoms in total. The molecule has 2 heterocycles. The van der Waals surface area contributed by atoms with Crippen LogP contribution in [0.15, 0.2) is 29.2 Å². The lowest BCUT2D eigenvalue weighted by molar-refractivity contribution is -0.132. The van der Waals surface area contributed by atoms with Gasteiger partial charge in [0.15, 0.2) is 0 Å². The monoisotopic (exact) mass is 378 g/mol. The second kappa shape index (κ2) is 8.53. The van der Waals surface area contributed by atoms with Crippen LogP contribution in [0.4, 0.5) is 0 Å². The van der Waals surface area contributed by atoms with Crippen molar-refractivity contribution in [3.63, 3.8) is 0 Å². The van der Waals surface area contributed by atoms with Crippen LogP contribution in [0, 0.1) is 5.92 Å². The van der Waals surface area contributed by atoms with Crippen molar-refractivity contribution in [2.45, 2.75) is 56.8 Å². The van der Waals surface area contributed by atoms with Crippen LogP contribution in [0.3, 0.4) is 0 Å². The van der Waals surface area contributed by atoms with Gasteiger partial charge < -0.3 is 4.90 Å². The molecule has 2 saturated heterocycles. The smallest absolute Gasteiger partial charge is 0.243 e. The first-order valence-electron chi connectivity index (χ1n) is 9.83. The maximum absolute atomic E-state index is 12.7. The number of carbonyl (C=O) groups excluding carboxylic acids is 1. The highest BCUT2D eigenvalue weighted by atomic mass is 32.2. The van der Waals surface area contributed by atoms with Crippen molar-refractivity contribution in [3.05, 3.63) is 29.8 Å². The molecule has 6 heteroatoms. The Hall–Kier alpha value is -1.40. The lowest BCUT2D eigenvalue weighted by atomic mass is 9.98. The first kappa shape index (κ1) is 19.4. The Morgan fingerprint density at radius 1 is 1.00 bits per heavy atom. The van der Waals surface area contributed by atoms with Gasteiger partial charge in [0.25, 0.3) is 0 Å². The van der Waals surface area contributed by atoms with E-state index >= 15 is 0 Å². The van der Waals surface area contributed by atoms with Gasteiger partial charge in [-0.2, -0.15) is 4.31 Å². The van der Waals surface area contributed by atoms with Crippen LogP contribution in [0.25, 0.3) is 0 Å². The van der Waals surface area contributed by atoms with E-state index < -0.39 is 10.0 Å². The van der Waals surface area contributed by atoms with Gasteiger partial charge in [-0.15, -0.1) is 0 Å². The zero-order valence-electron chi connectivity index (χ0n) is 15.7. The van der Waals surface area contributed by atoms with Gasteiger partial charge in [0.05, 0.1) is 4.90 Å². The summed E-state index contributed by atoms with van der Waals surface area (Å²) in [5.74, 6) is 0.926. The summed E-state index contributed by atoms with van der Waals surface area (Å²) >= 11 is 0. The number of aryl methyl sites for hydroxylation is 1. The molecule has 0 atom stereocenters. The normalized spacial score (nSPS) is 20.3. The third-order valence-electron chi connectivity index (χ3n) is 5.64. The van der Waals surface area contributed by atoms with Crippen molar-refractivity contribution in [3.8, 4) is 0 Å². The summed E-state index contributed by atoms with van der Waals surface area (Å²) in [6, 6.07) is 7.07. The first-order chi connectivity index (χ1) is 12.5. The van der Waals surface area contributed by atoms with Crippen molar-refractivity contribution < 1.29 is 13.2 Å². The van der Waals surface area contributed by atoms with E-state index in [-0.39, 0.29) is 5.91 Å². The van der Waals surface area contributed by atoms with E-state index in [0.717, 1.165) is 50.8 Å². The van der Waals surface area contributed by atoms with E-state index in [0.29, 0.717) is 36.7 Å². The Balaban J connectivity index is 1.55. The second-order valence-electron chi connectivity index (χ2n) is 7.67. The van der Waals surface area contributed by atoms with E-state index in [1.54, 1.807) is 16.4 Å². The van der Waals surface area contributed by atoms with Crippen molar-refractivity contribution in [2.75, 3.05) is 26.2 Å². The van der Waals surface area contributed by atoms with E-state index in [2.05, 4.69) is 6.92 Å². The van der Waals surface area contributed by atoms with Crippen LogP contribution in [0.1, 0.15) is 51.0 Å². The molecule has 1 amide bonds. The molecule has 0 radical (unpaired) electrons. The zero-order valence-corrected chi connectivity index (χ0v) is 16.5. The fourth-order valence-electron chi connectivity index (χ4n) is 3.75. The highest BCUT2D eigenvalue weighted by Crippen LogP contribution is 2.21. The summed E-state index contributed by atoms with van der Waals surface area (Å²) in [5, 5.41) is 0. The largest absolute Gasteiger partial charge is 0.343 e. The van der Waals surface area contributed by atoms with Crippen LogP contribution < -0.4 is 0 Å². The van der Waals surface area contributed by atoms with E-state index in [9.17, 15) is 13.2 Å². The molecular formula is C20H30N2O3S. The molecule has 2 aliphatic rings. The number of nitrogens with zero attached hydrogens (tertiary/aromatic N) is 2. The maximum atomic E-state index is 12.7. The van der Waals surface area contributed by atoms with Crippen LogP contribution in [0.5, 0.6) is 0 Å². The first-order valence-corrected chi connectivity index (χ1v) is 11.3. The van der Waals surface area contributed by atoms with Gasteiger partial charge in [-0.25, -0.2) is 8.42 Å². The fraction of sp³-hybridized carbons (Fsp3) is 0.650. The number of hydrogen-bond donors (Lipinski definition) is 0. The lowest BCUT2D eigenvalue weighted by Gasteiger charge is -2.30. The van der Waals surface area contributed by atoms with E-state index in [4.69, 9.17) is 0 Å². The molecular weight excluding hydrogens is 348 g/mol. The molecule has 0 spiro atoms. The summed E-state index contributed by atoms with van der Waals surface area (Å²) in [6.07, 6.45) is 6.32. The molecule has 0 aromatic heterocycles. The predicted molar refractivity (Wildman–Crippen MR) is 102 cm³/mol. The third-order valence-corrected chi connectivity index (χ3v) is 7.55. The number of rotatable bonds is 5. The van der Waals surface area contributed by atoms with Gasteiger partial charge in [0.1, 0.15) is 0 Å². The topological polar surface area (TPSA) is 57.7 Å². The van der Waals surface area contributed by atoms with Crippen molar-refractivity contribution in [1.29, 1.82) is 0 Å². The highest BCUT2D eigenvalue weighted by Gasteiger charge is 2.25. The number of likely N-dealkylation sites (tertiary alicyclic amines) is 1.